The number of benzene rings is 1. The highest BCUT2D eigenvalue weighted by Crippen LogP contribution is 2.28. The number of urea groups is 1. The summed E-state index contributed by atoms with van der Waals surface area (Å²) in [6.07, 6.45) is 7.04. The zero-order valence-electron chi connectivity index (χ0n) is 16.1. The van der Waals surface area contributed by atoms with Crippen LogP contribution in [0.5, 0.6) is 0 Å². The molecule has 6 heteroatoms. The number of aryl methyl sites for hydroxylation is 1. The summed E-state index contributed by atoms with van der Waals surface area (Å²) in [5.74, 6) is -1.15. The van der Waals surface area contributed by atoms with E-state index in [0.29, 0.717) is 5.69 Å². The molecule has 4 rings (SSSR count). The molecule has 1 aliphatic carbocycles. The standard InChI is InChI=1S/C22H23N3O3/c1-14-7-5-11-19(15(14)2)24-12-6-10-17(24)13-18-20(26)23-22(28)25(21(18)27)16-8-3-4-9-16/h5-7,10-13,16H,3-4,8-9H2,1-2H3,(H,23,26,28)/b18-13+. The summed E-state index contributed by atoms with van der Waals surface area (Å²) >= 11 is 0. The van der Waals surface area contributed by atoms with Crippen LogP contribution in [0.3, 0.4) is 0 Å². The van der Waals surface area contributed by atoms with Crippen molar-refractivity contribution in [1.29, 1.82) is 0 Å². The lowest BCUT2D eigenvalue weighted by Crippen LogP contribution is -2.57. The molecule has 2 aromatic rings. The first kappa shape index (κ1) is 18.2. The molecule has 1 aromatic carbocycles. The molecule has 144 valence electrons. The highest BCUT2D eigenvalue weighted by Gasteiger charge is 2.40. The first-order valence-electron chi connectivity index (χ1n) is 9.62. The molecule has 2 heterocycles. The van der Waals surface area contributed by atoms with Gasteiger partial charge in [-0.3, -0.25) is 19.8 Å². The topological polar surface area (TPSA) is 71.4 Å². The number of nitrogens with zero attached hydrogens (tertiary/aromatic N) is 2. The molecule has 1 aliphatic heterocycles. The van der Waals surface area contributed by atoms with Crippen molar-refractivity contribution in [3.05, 3.63) is 58.9 Å². The van der Waals surface area contributed by atoms with Gasteiger partial charge in [-0.1, -0.05) is 25.0 Å². The summed E-state index contributed by atoms with van der Waals surface area (Å²) in [6, 6.07) is 9.02. The number of carbonyl (C=O) groups excluding carboxylic acids is 3. The number of hydrogen-bond donors (Lipinski definition) is 1. The second kappa shape index (κ2) is 7.11. The summed E-state index contributed by atoms with van der Waals surface area (Å²) in [7, 11) is 0. The highest BCUT2D eigenvalue weighted by atomic mass is 16.2. The molecule has 0 unspecified atom stereocenters. The van der Waals surface area contributed by atoms with E-state index >= 15 is 0 Å². The van der Waals surface area contributed by atoms with E-state index in [1.165, 1.54) is 4.90 Å². The van der Waals surface area contributed by atoms with Crippen LogP contribution in [0.4, 0.5) is 4.79 Å². The van der Waals surface area contributed by atoms with Crippen LogP contribution in [0, 0.1) is 13.8 Å². The Labute approximate surface area is 163 Å². The lowest BCUT2D eigenvalue weighted by atomic mass is 10.1. The van der Waals surface area contributed by atoms with Gasteiger partial charge in [0.15, 0.2) is 0 Å². The van der Waals surface area contributed by atoms with Gasteiger partial charge in [0.1, 0.15) is 5.57 Å². The van der Waals surface area contributed by atoms with Crippen molar-refractivity contribution in [2.75, 3.05) is 0 Å². The molecule has 28 heavy (non-hydrogen) atoms. The maximum absolute atomic E-state index is 13.0. The van der Waals surface area contributed by atoms with E-state index in [2.05, 4.69) is 5.32 Å². The third-order valence-corrected chi connectivity index (χ3v) is 5.73. The van der Waals surface area contributed by atoms with Crippen molar-refractivity contribution in [3.8, 4) is 5.69 Å². The fourth-order valence-corrected chi connectivity index (χ4v) is 4.04. The smallest absolute Gasteiger partial charge is 0.317 e. The summed E-state index contributed by atoms with van der Waals surface area (Å²) in [5.41, 5.74) is 3.99. The zero-order valence-corrected chi connectivity index (χ0v) is 16.1. The van der Waals surface area contributed by atoms with Crippen molar-refractivity contribution in [1.82, 2.24) is 14.8 Å². The van der Waals surface area contributed by atoms with Gasteiger partial charge in [-0.25, -0.2) is 4.79 Å². The lowest BCUT2D eigenvalue weighted by Gasteiger charge is -2.31. The number of barbiturate groups is 1. The van der Waals surface area contributed by atoms with Gasteiger partial charge in [0.05, 0.1) is 0 Å². The molecular weight excluding hydrogens is 354 g/mol. The Morgan fingerprint density at radius 3 is 2.54 bits per heavy atom. The molecule has 0 radical (unpaired) electrons. The molecule has 1 N–H and O–H groups in total. The first-order chi connectivity index (χ1) is 13.5. The Morgan fingerprint density at radius 1 is 1.04 bits per heavy atom. The molecule has 1 aromatic heterocycles. The van der Waals surface area contributed by atoms with Crippen molar-refractivity contribution < 1.29 is 14.4 Å². The van der Waals surface area contributed by atoms with Gasteiger partial charge in [0.25, 0.3) is 11.8 Å². The maximum Gasteiger partial charge on any atom is 0.331 e. The number of nitrogens with one attached hydrogen (secondary N) is 1. The minimum atomic E-state index is -0.641. The number of imide groups is 2. The van der Waals surface area contributed by atoms with Gasteiger partial charge in [0, 0.05) is 23.6 Å². The lowest BCUT2D eigenvalue weighted by molar-refractivity contribution is -0.131. The molecule has 2 aliphatic rings. The Balaban J connectivity index is 1.74. The summed E-state index contributed by atoms with van der Waals surface area (Å²) < 4.78 is 1.95. The summed E-state index contributed by atoms with van der Waals surface area (Å²) in [6.45, 7) is 4.09. The second-order valence-corrected chi connectivity index (χ2v) is 7.45. The van der Waals surface area contributed by atoms with E-state index in [-0.39, 0.29) is 11.6 Å². The van der Waals surface area contributed by atoms with E-state index in [1.807, 2.05) is 54.9 Å². The van der Waals surface area contributed by atoms with Gasteiger partial charge in [-0.05, 0) is 62.1 Å². The van der Waals surface area contributed by atoms with E-state index < -0.39 is 17.8 Å². The predicted octanol–water partition coefficient (Wildman–Crippen LogP) is 3.50. The monoisotopic (exact) mass is 377 g/mol. The minimum Gasteiger partial charge on any atom is -0.317 e. The maximum atomic E-state index is 13.0. The predicted molar refractivity (Wildman–Crippen MR) is 106 cm³/mol. The normalized spacial score (nSPS) is 19.6. The van der Waals surface area contributed by atoms with E-state index in [1.54, 1.807) is 6.08 Å². The molecule has 0 bridgehead atoms. The van der Waals surface area contributed by atoms with Gasteiger partial charge >= 0.3 is 6.03 Å². The fraction of sp³-hybridized carbons (Fsp3) is 0.318. The molecule has 1 saturated carbocycles. The Hall–Kier alpha value is -3.15. The average Bonchev–Trinajstić information content (AvgIpc) is 3.33. The van der Waals surface area contributed by atoms with Crippen LogP contribution in [0.1, 0.15) is 42.5 Å². The van der Waals surface area contributed by atoms with Crippen molar-refractivity contribution in [2.45, 2.75) is 45.6 Å². The number of hydrogen-bond acceptors (Lipinski definition) is 3. The minimum absolute atomic E-state index is 0.00300. The molecule has 0 atom stereocenters. The second-order valence-electron chi connectivity index (χ2n) is 7.45. The highest BCUT2D eigenvalue weighted by molar-refractivity contribution is 6.31. The van der Waals surface area contributed by atoms with Crippen LogP contribution >= 0.6 is 0 Å². The van der Waals surface area contributed by atoms with Gasteiger partial charge < -0.3 is 4.57 Å². The van der Waals surface area contributed by atoms with E-state index in [9.17, 15) is 14.4 Å². The summed E-state index contributed by atoms with van der Waals surface area (Å²) in [4.78, 5) is 38.9. The van der Waals surface area contributed by atoms with Crippen molar-refractivity contribution in [3.63, 3.8) is 0 Å². The van der Waals surface area contributed by atoms with Gasteiger partial charge in [-0.15, -0.1) is 0 Å². The molecule has 0 spiro atoms. The zero-order chi connectivity index (χ0) is 19.8. The van der Waals surface area contributed by atoms with Crippen LogP contribution < -0.4 is 5.32 Å². The SMILES string of the molecule is Cc1cccc(-n2cccc2/C=C2\C(=O)NC(=O)N(C3CCCC3)C2=O)c1C. The number of carbonyl (C=O) groups is 3. The van der Waals surface area contributed by atoms with Crippen molar-refractivity contribution in [2.24, 2.45) is 0 Å². The average molecular weight is 377 g/mol. The summed E-state index contributed by atoms with van der Waals surface area (Å²) in [5, 5.41) is 2.33. The largest absolute Gasteiger partial charge is 0.331 e. The number of rotatable bonds is 3. The quantitative estimate of drug-likeness (QED) is 0.657. The van der Waals surface area contributed by atoms with Crippen LogP contribution in [0.2, 0.25) is 0 Å². The van der Waals surface area contributed by atoms with Crippen LogP contribution in [-0.2, 0) is 9.59 Å². The van der Waals surface area contributed by atoms with Gasteiger partial charge in [0.2, 0.25) is 0 Å². The van der Waals surface area contributed by atoms with Crippen molar-refractivity contribution >= 4 is 23.9 Å². The number of aromatic nitrogens is 1. The Kier molecular flexibility index (Phi) is 4.63. The van der Waals surface area contributed by atoms with Crippen LogP contribution in [0.25, 0.3) is 11.8 Å². The number of amides is 4. The molecule has 6 nitrogen and oxygen atoms in total. The van der Waals surface area contributed by atoms with Gasteiger partial charge in [-0.2, -0.15) is 0 Å². The molecular formula is C22H23N3O3. The third kappa shape index (κ3) is 3.05. The Bertz CT molecular complexity index is 996. The first-order valence-corrected chi connectivity index (χ1v) is 9.62. The van der Waals surface area contributed by atoms with Crippen LogP contribution in [-0.4, -0.2) is 33.4 Å². The van der Waals surface area contributed by atoms with E-state index in [0.717, 1.165) is 42.5 Å². The molecule has 4 amide bonds. The fourth-order valence-electron chi connectivity index (χ4n) is 4.04. The third-order valence-electron chi connectivity index (χ3n) is 5.73. The molecule has 2 fully saturated rings. The van der Waals surface area contributed by atoms with E-state index in [4.69, 9.17) is 0 Å². The van der Waals surface area contributed by atoms with Crippen LogP contribution in [0.15, 0.2) is 42.1 Å². The molecule has 1 saturated heterocycles. The Morgan fingerprint density at radius 2 is 1.79 bits per heavy atom.